The number of aliphatic carboxylic acids is 1. The van der Waals surface area contributed by atoms with Crippen molar-refractivity contribution in [1.82, 2.24) is 0 Å². The van der Waals surface area contributed by atoms with Gasteiger partial charge in [0.2, 0.25) is 5.76 Å². The van der Waals surface area contributed by atoms with Gasteiger partial charge in [0.25, 0.3) is 0 Å². The lowest BCUT2D eigenvalue weighted by atomic mass is 10.2. The van der Waals surface area contributed by atoms with Crippen LogP contribution in [-0.4, -0.2) is 33.4 Å². The minimum Gasteiger partial charge on any atom is -0.478 e. The number of phosphoric ester groups is 1. The summed E-state index contributed by atoms with van der Waals surface area (Å²) in [6.07, 6.45) is -0.149. The number of carbonyl (C=O) groups excluding carboxylic acids is 1. The number of rotatable bonds is 6. The normalized spacial score (nSPS) is 12.7. The van der Waals surface area contributed by atoms with Crippen LogP contribution in [-0.2, 0) is 23.4 Å². The Balaban J connectivity index is 5.44. The van der Waals surface area contributed by atoms with Crippen molar-refractivity contribution in [1.29, 1.82) is 0 Å². The van der Waals surface area contributed by atoms with E-state index in [0.29, 0.717) is 0 Å². The topological polar surface area (TPSA) is 130 Å². The maximum atomic E-state index is 11.3. The van der Waals surface area contributed by atoms with Gasteiger partial charge in [0.05, 0.1) is 12.2 Å². The van der Waals surface area contributed by atoms with E-state index in [0.717, 1.165) is 0 Å². The number of carbonyl (C=O) groups is 2. The number of esters is 1. The predicted octanol–water partition coefficient (Wildman–Crippen LogP) is 0.407. The summed E-state index contributed by atoms with van der Waals surface area (Å²) in [4.78, 5) is 39.3. The molecule has 0 bridgehead atoms. The summed E-state index contributed by atoms with van der Waals surface area (Å²) in [6.45, 7) is 2.77. The van der Waals surface area contributed by atoms with Gasteiger partial charge in [-0.25, -0.2) is 14.2 Å². The van der Waals surface area contributed by atoms with Crippen molar-refractivity contribution < 1.29 is 38.3 Å². The molecule has 0 unspecified atom stereocenters. The van der Waals surface area contributed by atoms with Crippen molar-refractivity contribution >= 4 is 19.8 Å². The molecule has 98 valence electrons. The van der Waals surface area contributed by atoms with E-state index in [1.54, 1.807) is 0 Å². The van der Waals surface area contributed by atoms with Crippen LogP contribution < -0.4 is 0 Å². The van der Waals surface area contributed by atoms with Crippen LogP contribution in [0.25, 0.3) is 0 Å². The number of phosphoric acid groups is 1. The summed E-state index contributed by atoms with van der Waals surface area (Å²) in [5.74, 6) is -3.71. The van der Waals surface area contributed by atoms with E-state index in [9.17, 15) is 14.2 Å². The fourth-order valence-corrected chi connectivity index (χ4v) is 1.36. The lowest BCUT2D eigenvalue weighted by Gasteiger charge is -2.12. The van der Waals surface area contributed by atoms with E-state index in [-0.39, 0.29) is 13.0 Å². The zero-order valence-corrected chi connectivity index (χ0v) is 10.1. The molecule has 9 heteroatoms. The maximum absolute atomic E-state index is 11.3. The van der Waals surface area contributed by atoms with Crippen LogP contribution in [0, 0.1) is 0 Å². The highest BCUT2D eigenvalue weighted by molar-refractivity contribution is 7.46. The largest absolute Gasteiger partial charge is 0.525 e. The van der Waals surface area contributed by atoms with Gasteiger partial charge in [0, 0.05) is 0 Å². The zero-order valence-electron chi connectivity index (χ0n) is 9.24. The van der Waals surface area contributed by atoms with Crippen LogP contribution in [0.5, 0.6) is 0 Å². The van der Waals surface area contributed by atoms with E-state index < -0.39 is 31.1 Å². The van der Waals surface area contributed by atoms with Crippen molar-refractivity contribution in [2.45, 2.75) is 20.3 Å². The molecule has 0 aromatic rings. The number of hydrogen-bond acceptors (Lipinski definition) is 5. The molecule has 0 heterocycles. The van der Waals surface area contributed by atoms with E-state index in [1.807, 2.05) is 0 Å². The smallest absolute Gasteiger partial charge is 0.478 e. The first-order chi connectivity index (χ1) is 7.72. The quantitative estimate of drug-likeness (QED) is 0.273. The standard InChI is InChI=1S/C8H13O8P/c1-3-5(7(9)10)6(8(11)15-4-2)16-17(12,13)14/h3-4H2,1-2H3,(H,9,10)(H2,12,13,14). The maximum Gasteiger partial charge on any atom is 0.525 e. The first-order valence-corrected chi connectivity index (χ1v) is 6.14. The molecule has 0 fully saturated rings. The molecule has 0 atom stereocenters. The minimum atomic E-state index is -5.03. The summed E-state index contributed by atoms with van der Waals surface area (Å²) in [5.41, 5.74) is -0.563. The summed E-state index contributed by atoms with van der Waals surface area (Å²) in [5, 5.41) is 8.76. The molecule has 0 saturated carbocycles. The Labute approximate surface area is 97.1 Å². The van der Waals surface area contributed by atoms with Gasteiger partial charge in [-0.1, -0.05) is 6.92 Å². The van der Waals surface area contributed by atoms with E-state index in [2.05, 4.69) is 9.26 Å². The van der Waals surface area contributed by atoms with Crippen molar-refractivity contribution in [3.8, 4) is 0 Å². The molecule has 8 nitrogen and oxygen atoms in total. The highest BCUT2D eigenvalue weighted by Crippen LogP contribution is 2.40. The zero-order chi connectivity index (χ0) is 13.6. The molecule has 0 aliphatic rings. The first kappa shape index (κ1) is 15.6. The number of carboxylic acids is 1. The molecule has 0 aromatic carbocycles. The van der Waals surface area contributed by atoms with E-state index in [1.165, 1.54) is 13.8 Å². The van der Waals surface area contributed by atoms with Crippen molar-refractivity contribution in [3.05, 3.63) is 11.3 Å². The Morgan fingerprint density at radius 3 is 2.06 bits per heavy atom. The van der Waals surface area contributed by atoms with Gasteiger partial charge < -0.3 is 14.4 Å². The third-order valence-electron chi connectivity index (χ3n) is 1.56. The van der Waals surface area contributed by atoms with E-state index in [4.69, 9.17) is 14.9 Å². The molecule has 17 heavy (non-hydrogen) atoms. The summed E-state index contributed by atoms with van der Waals surface area (Å²) in [6, 6.07) is 0. The number of carboxylic acid groups (broad SMARTS) is 1. The van der Waals surface area contributed by atoms with Crippen molar-refractivity contribution in [2.75, 3.05) is 6.61 Å². The summed E-state index contributed by atoms with van der Waals surface area (Å²) >= 11 is 0. The Hall–Kier alpha value is -1.37. The molecule has 0 aliphatic heterocycles. The molecule has 0 saturated heterocycles. The van der Waals surface area contributed by atoms with Gasteiger partial charge in [0.15, 0.2) is 0 Å². The van der Waals surface area contributed by atoms with Gasteiger partial charge in [-0.3, -0.25) is 9.79 Å². The Morgan fingerprint density at radius 1 is 1.24 bits per heavy atom. The molecular weight excluding hydrogens is 255 g/mol. The fraction of sp³-hybridized carbons (Fsp3) is 0.500. The Kier molecular flexibility index (Phi) is 5.87. The fourth-order valence-electron chi connectivity index (χ4n) is 0.940. The lowest BCUT2D eigenvalue weighted by molar-refractivity contribution is -0.142. The second-order valence-corrected chi connectivity index (χ2v) is 3.93. The molecule has 0 aromatic heterocycles. The molecule has 3 N–H and O–H groups in total. The Bertz CT molecular complexity index is 379. The van der Waals surface area contributed by atoms with Gasteiger partial charge >= 0.3 is 19.8 Å². The van der Waals surface area contributed by atoms with Crippen LogP contribution in [0.15, 0.2) is 11.3 Å². The second kappa shape index (κ2) is 6.39. The third-order valence-corrected chi connectivity index (χ3v) is 1.98. The summed E-state index contributed by atoms with van der Waals surface area (Å²) in [7, 11) is -5.03. The Morgan fingerprint density at radius 2 is 1.76 bits per heavy atom. The van der Waals surface area contributed by atoms with Gasteiger partial charge in [0.1, 0.15) is 0 Å². The monoisotopic (exact) mass is 268 g/mol. The highest BCUT2D eigenvalue weighted by Gasteiger charge is 2.29. The van der Waals surface area contributed by atoms with Crippen LogP contribution in [0.4, 0.5) is 0 Å². The van der Waals surface area contributed by atoms with Gasteiger partial charge in [-0.05, 0) is 13.3 Å². The number of hydrogen-bond donors (Lipinski definition) is 3. The first-order valence-electron chi connectivity index (χ1n) is 4.61. The predicted molar refractivity (Wildman–Crippen MR) is 54.7 cm³/mol. The SMILES string of the molecule is CCOC(=O)C(OP(=O)(O)O)=C(CC)C(=O)O. The average Bonchev–Trinajstić information content (AvgIpc) is 2.15. The van der Waals surface area contributed by atoms with Gasteiger partial charge in [-0.15, -0.1) is 0 Å². The molecule has 0 radical (unpaired) electrons. The van der Waals surface area contributed by atoms with Crippen LogP contribution in [0.2, 0.25) is 0 Å². The van der Waals surface area contributed by atoms with E-state index >= 15 is 0 Å². The van der Waals surface area contributed by atoms with Gasteiger partial charge in [-0.2, -0.15) is 0 Å². The highest BCUT2D eigenvalue weighted by atomic mass is 31.2. The van der Waals surface area contributed by atoms with Crippen molar-refractivity contribution in [3.63, 3.8) is 0 Å². The molecule has 0 rings (SSSR count). The molecule has 0 spiro atoms. The third kappa shape index (κ3) is 5.48. The number of ether oxygens (including phenoxy) is 1. The minimum absolute atomic E-state index is 0.0799. The van der Waals surface area contributed by atoms with Crippen molar-refractivity contribution in [2.24, 2.45) is 0 Å². The average molecular weight is 268 g/mol. The second-order valence-electron chi connectivity index (χ2n) is 2.77. The van der Waals surface area contributed by atoms with Crippen LogP contribution in [0.3, 0.4) is 0 Å². The van der Waals surface area contributed by atoms with Crippen LogP contribution >= 0.6 is 7.82 Å². The summed E-state index contributed by atoms with van der Waals surface area (Å²) < 4.78 is 19.1. The molecule has 0 amide bonds. The van der Waals surface area contributed by atoms with Crippen LogP contribution in [0.1, 0.15) is 20.3 Å². The lowest BCUT2D eigenvalue weighted by Crippen LogP contribution is -2.16. The molecular formula is C8H13O8P. The molecule has 0 aliphatic carbocycles.